The van der Waals surface area contributed by atoms with Crippen molar-refractivity contribution in [3.8, 4) is 5.75 Å². The van der Waals surface area contributed by atoms with Gasteiger partial charge in [0, 0.05) is 6.54 Å². The molecule has 0 unspecified atom stereocenters. The summed E-state index contributed by atoms with van der Waals surface area (Å²) in [4.78, 5) is 11.4. The number of aliphatic hydroxyl groups excluding tert-OH is 1. The van der Waals surface area contributed by atoms with Crippen LogP contribution in [-0.4, -0.2) is 35.3 Å². The van der Waals surface area contributed by atoms with E-state index in [1.165, 1.54) is 0 Å². The molecular weight excluding hydrogens is 208 g/mol. The summed E-state index contributed by atoms with van der Waals surface area (Å²) >= 11 is 0. The summed E-state index contributed by atoms with van der Waals surface area (Å²) < 4.78 is 0. The van der Waals surface area contributed by atoms with Gasteiger partial charge in [-0.05, 0) is 24.1 Å². The van der Waals surface area contributed by atoms with Gasteiger partial charge >= 0.3 is 0 Å². The fraction of sp³-hybridized carbons (Fsp3) is 0.364. The first kappa shape index (κ1) is 12.5. The van der Waals surface area contributed by atoms with Crippen molar-refractivity contribution in [2.24, 2.45) is 5.73 Å². The number of aromatic hydroxyl groups is 1. The van der Waals surface area contributed by atoms with E-state index in [4.69, 9.17) is 15.9 Å². The van der Waals surface area contributed by atoms with E-state index in [2.05, 4.69) is 5.32 Å². The van der Waals surface area contributed by atoms with Gasteiger partial charge in [0.25, 0.3) is 0 Å². The van der Waals surface area contributed by atoms with Gasteiger partial charge in [0.05, 0.1) is 12.6 Å². The van der Waals surface area contributed by atoms with Gasteiger partial charge in [0.15, 0.2) is 0 Å². The average molecular weight is 224 g/mol. The number of hydrogen-bond acceptors (Lipinski definition) is 4. The van der Waals surface area contributed by atoms with Crippen LogP contribution in [0.5, 0.6) is 5.75 Å². The molecule has 16 heavy (non-hydrogen) atoms. The molecule has 1 aromatic rings. The summed E-state index contributed by atoms with van der Waals surface area (Å²) in [5.74, 6) is -0.107. The largest absolute Gasteiger partial charge is 0.508 e. The maximum atomic E-state index is 11.4. The molecule has 0 aliphatic rings. The third kappa shape index (κ3) is 3.88. The number of amides is 1. The Balaban J connectivity index is 2.47. The standard InChI is InChI=1S/C11H16N2O3/c12-10(11(16)13-5-6-14)7-8-1-3-9(15)4-2-8/h1-4,10,14-15H,5-7,12H2,(H,13,16)/t10-/m1/s1. The predicted octanol–water partition coefficient (Wildman–Crippen LogP) is -0.630. The van der Waals surface area contributed by atoms with E-state index < -0.39 is 6.04 Å². The van der Waals surface area contributed by atoms with Gasteiger partial charge in [-0.25, -0.2) is 0 Å². The van der Waals surface area contributed by atoms with Crippen LogP contribution in [0.15, 0.2) is 24.3 Å². The maximum Gasteiger partial charge on any atom is 0.237 e. The first-order chi connectivity index (χ1) is 7.63. The summed E-state index contributed by atoms with van der Waals surface area (Å²) in [6, 6.07) is 5.89. The fourth-order valence-electron chi connectivity index (χ4n) is 1.29. The highest BCUT2D eigenvalue weighted by Crippen LogP contribution is 2.10. The number of phenolic OH excluding ortho intramolecular Hbond substituents is 1. The van der Waals surface area contributed by atoms with Crippen molar-refractivity contribution >= 4 is 5.91 Å². The van der Waals surface area contributed by atoms with Crippen molar-refractivity contribution in [3.05, 3.63) is 29.8 Å². The lowest BCUT2D eigenvalue weighted by Gasteiger charge is -2.11. The van der Waals surface area contributed by atoms with Crippen LogP contribution in [0.3, 0.4) is 0 Å². The lowest BCUT2D eigenvalue weighted by atomic mass is 10.1. The van der Waals surface area contributed by atoms with Crippen LogP contribution >= 0.6 is 0 Å². The van der Waals surface area contributed by atoms with Crippen molar-refractivity contribution in [1.29, 1.82) is 0 Å². The molecular formula is C11H16N2O3. The average Bonchev–Trinajstić information content (AvgIpc) is 2.29. The SMILES string of the molecule is N[C@H](Cc1ccc(O)cc1)C(=O)NCCO. The summed E-state index contributed by atoms with van der Waals surface area (Å²) in [5, 5.41) is 20.1. The van der Waals surface area contributed by atoms with Crippen LogP contribution in [0.1, 0.15) is 5.56 Å². The molecule has 0 bridgehead atoms. The van der Waals surface area contributed by atoms with Crippen LogP contribution in [0.2, 0.25) is 0 Å². The summed E-state index contributed by atoms with van der Waals surface area (Å²) in [6.07, 6.45) is 0.400. The van der Waals surface area contributed by atoms with Crippen molar-refractivity contribution in [2.45, 2.75) is 12.5 Å². The van der Waals surface area contributed by atoms with E-state index in [1.807, 2.05) is 0 Å². The lowest BCUT2D eigenvalue weighted by molar-refractivity contribution is -0.122. The Kier molecular flexibility index (Phi) is 4.75. The third-order valence-electron chi connectivity index (χ3n) is 2.14. The van der Waals surface area contributed by atoms with Gasteiger partial charge < -0.3 is 21.3 Å². The highest BCUT2D eigenvalue weighted by Gasteiger charge is 2.12. The molecule has 1 rings (SSSR count). The Bertz CT molecular complexity index is 338. The van der Waals surface area contributed by atoms with Crippen molar-refractivity contribution in [3.63, 3.8) is 0 Å². The monoisotopic (exact) mass is 224 g/mol. The number of carbonyl (C=O) groups excluding carboxylic acids is 1. The van der Waals surface area contributed by atoms with Gasteiger partial charge in [-0.1, -0.05) is 12.1 Å². The highest BCUT2D eigenvalue weighted by atomic mass is 16.3. The zero-order chi connectivity index (χ0) is 12.0. The third-order valence-corrected chi connectivity index (χ3v) is 2.14. The number of nitrogens with two attached hydrogens (primary N) is 1. The molecule has 5 heteroatoms. The van der Waals surface area contributed by atoms with Gasteiger partial charge in [-0.3, -0.25) is 4.79 Å². The number of carbonyl (C=O) groups is 1. The zero-order valence-electron chi connectivity index (χ0n) is 8.89. The summed E-state index contributed by atoms with van der Waals surface area (Å²) in [5.41, 5.74) is 6.55. The number of nitrogens with one attached hydrogen (secondary N) is 1. The molecule has 1 aromatic carbocycles. The van der Waals surface area contributed by atoms with Gasteiger partial charge in [0.1, 0.15) is 5.75 Å². The first-order valence-electron chi connectivity index (χ1n) is 5.05. The molecule has 0 radical (unpaired) electrons. The topological polar surface area (TPSA) is 95.6 Å². The zero-order valence-corrected chi connectivity index (χ0v) is 8.89. The maximum absolute atomic E-state index is 11.4. The molecule has 0 fully saturated rings. The van der Waals surface area contributed by atoms with Crippen LogP contribution < -0.4 is 11.1 Å². The number of rotatable bonds is 5. The van der Waals surface area contributed by atoms with Gasteiger partial charge in [-0.15, -0.1) is 0 Å². The first-order valence-corrected chi connectivity index (χ1v) is 5.05. The second kappa shape index (κ2) is 6.09. The van der Waals surface area contributed by atoms with Crippen LogP contribution in [0.4, 0.5) is 0 Å². The molecule has 5 nitrogen and oxygen atoms in total. The molecule has 0 saturated heterocycles. The Morgan fingerprint density at radius 3 is 2.56 bits per heavy atom. The van der Waals surface area contributed by atoms with Gasteiger partial charge in [-0.2, -0.15) is 0 Å². The summed E-state index contributed by atoms with van der Waals surface area (Å²) in [7, 11) is 0. The molecule has 0 aliphatic heterocycles. The van der Waals surface area contributed by atoms with Crippen LogP contribution in [0, 0.1) is 0 Å². The molecule has 0 saturated carbocycles. The van der Waals surface area contributed by atoms with Crippen LogP contribution in [-0.2, 0) is 11.2 Å². The Morgan fingerprint density at radius 2 is 2.00 bits per heavy atom. The lowest BCUT2D eigenvalue weighted by Crippen LogP contribution is -2.42. The number of aliphatic hydroxyl groups is 1. The Labute approximate surface area is 93.9 Å². The van der Waals surface area contributed by atoms with E-state index in [-0.39, 0.29) is 24.8 Å². The van der Waals surface area contributed by atoms with E-state index in [9.17, 15) is 4.79 Å². The molecule has 5 N–H and O–H groups in total. The minimum atomic E-state index is -0.643. The molecule has 1 amide bonds. The minimum Gasteiger partial charge on any atom is -0.508 e. The van der Waals surface area contributed by atoms with Crippen molar-refractivity contribution in [1.82, 2.24) is 5.32 Å². The predicted molar refractivity (Wildman–Crippen MR) is 59.9 cm³/mol. The van der Waals surface area contributed by atoms with E-state index in [1.54, 1.807) is 24.3 Å². The van der Waals surface area contributed by atoms with E-state index in [0.717, 1.165) is 5.56 Å². The molecule has 0 aromatic heterocycles. The Morgan fingerprint density at radius 1 is 1.38 bits per heavy atom. The van der Waals surface area contributed by atoms with E-state index >= 15 is 0 Å². The second-order valence-electron chi connectivity index (χ2n) is 3.49. The van der Waals surface area contributed by atoms with Gasteiger partial charge in [0.2, 0.25) is 5.91 Å². The van der Waals surface area contributed by atoms with Crippen LogP contribution in [0.25, 0.3) is 0 Å². The highest BCUT2D eigenvalue weighted by molar-refractivity contribution is 5.81. The molecule has 0 aliphatic carbocycles. The van der Waals surface area contributed by atoms with Crippen molar-refractivity contribution in [2.75, 3.05) is 13.2 Å². The smallest absolute Gasteiger partial charge is 0.237 e. The Hall–Kier alpha value is -1.59. The second-order valence-corrected chi connectivity index (χ2v) is 3.49. The molecule has 88 valence electrons. The van der Waals surface area contributed by atoms with E-state index in [0.29, 0.717) is 6.42 Å². The minimum absolute atomic E-state index is 0.0995. The number of benzene rings is 1. The normalized spacial score (nSPS) is 12.1. The molecule has 1 atom stereocenters. The summed E-state index contributed by atoms with van der Waals surface area (Å²) in [6.45, 7) is 0.111. The quantitative estimate of drug-likeness (QED) is 0.535. The molecule has 0 heterocycles. The number of hydrogen-bond donors (Lipinski definition) is 4. The fourth-order valence-corrected chi connectivity index (χ4v) is 1.29. The van der Waals surface area contributed by atoms with Crippen molar-refractivity contribution < 1.29 is 15.0 Å². The molecule has 0 spiro atoms. The number of phenols is 1.